The third-order valence-corrected chi connectivity index (χ3v) is 5.48. The minimum atomic E-state index is 0.536. The van der Waals surface area contributed by atoms with Crippen molar-refractivity contribution in [1.82, 2.24) is 14.5 Å². The highest BCUT2D eigenvalue weighted by Crippen LogP contribution is 2.27. The normalized spacial score (nSPS) is 22.8. The Bertz CT molecular complexity index is 630. The second kappa shape index (κ2) is 7.39. The van der Waals surface area contributed by atoms with E-state index in [-0.39, 0.29) is 0 Å². The smallest absolute Gasteiger partial charge is 0.203 e. The van der Waals surface area contributed by atoms with E-state index in [1.54, 1.807) is 0 Å². The van der Waals surface area contributed by atoms with Gasteiger partial charge in [-0.05, 0) is 37.8 Å². The van der Waals surface area contributed by atoms with Gasteiger partial charge in [-0.25, -0.2) is 4.98 Å². The summed E-state index contributed by atoms with van der Waals surface area (Å²) in [4.78, 5) is 7.18. The number of hydrogen-bond acceptors (Lipinski definition) is 3. The fraction of sp³-hybridized carbons (Fsp3) is 0.550. The fourth-order valence-corrected chi connectivity index (χ4v) is 4.22. The number of aromatic nitrogens is 2. The maximum absolute atomic E-state index is 4.60. The molecule has 1 aromatic heterocycles. The first-order valence-corrected chi connectivity index (χ1v) is 9.44. The van der Waals surface area contributed by atoms with E-state index in [1.165, 1.54) is 50.6 Å². The molecule has 4 rings (SSSR count). The van der Waals surface area contributed by atoms with Crippen molar-refractivity contribution in [2.45, 2.75) is 57.2 Å². The number of hydrogen-bond donors (Lipinski definition) is 1. The van der Waals surface area contributed by atoms with Crippen LogP contribution in [-0.2, 0) is 6.54 Å². The molecule has 2 aromatic rings. The van der Waals surface area contributed by atoms with Gasteiger partial charge in [0.15, 0.2) is 0 Å². The van der Waals surface area contributed by atoms with Gasteiger partial charge >= 0.3 is 0 Å². The molecule has 1 saturated carbocycles. The Kier molecular flexibility index (Phi) is 4.83. The summed E-state index contributed by atoms with van der Waals surface area (Å²) in [5, 5.41) is 3.68. The van der Waals surface area contributed by atoms with E-state index >= 15 is 0 Å². The summed E-state index contributed by atoms with van der Waals surface area (Å²) in [6.07, 6.45) is 11.9. The van der Waals surface area contributed by atoms with Crippen molar-refractivity contribution >= 4 is 5.95 Å². The first-order chi connectivity index (χ1) is 11.9. The van der Waals surface area contributed by atoms with E-state index < -0.39 is 0 Å². The number of rotatable bonds is 5. The molecule has 2 fully saturated rings. The second-order valence-electron chi connectivity index (χ2n) is 7.30. The van der Waals surface area contributed by atoms with Gasteiger partial charge in [0.1, 0.15) is 0 Å². The average Bonchev–Trinajstić information content (AvgIpc) is 3.28. The van der Waals surface area contributed by atoms with E-state index in [2.05, 4.69) is 56.3 Å². The second-order valence-corrected chi connectivity index (χ2v) is 7.30. The third-order valence-electron chi connectivity index (χ3n) is 5.48. The standard InChI is InChI=1S/C20H28N4/c1-2-7-17(8-3-1)15-23-13-6-11-19(16-23)24-14-12-21-20(24)22-18-9-4-5-10-18/h1-3,7-8,12,14,18-19H,4-6,9-11,13,15-16H2,(H,21,22). The van der Waals surface area contributed by atoms with Crippen LogP contribution in [0.3, 0.4) is 0 Å². The SMILES string of the molecule is c1ccc(CN2CCCC(n3ccnc3NC3CCCC3)C2)cc1. The molecule has 1 unspecified atom stereocenters. The molecule has 4 heteroatoms. The van der Waals surface area contributed by atoms with Crippen molar-refractivity contribution in [3.8, 4) is 0 Å². The van der Waals surface area contributed by atoms with Crippen LogP contribution in [-0.4, -0.2) is 33.6 Å². The molecule has 2 heterocycles. The molecule has 2 aliphatic rings. The molecule has 0 amide bonds. The zero-order valence-electron chi connectivity index (χ0n) is 14.4. The highest BCUT2D eigenvalue weighted by atomic mass is 15.3. The largest absolute Gasteiger partial charge is 0.353 e. The lowest BCUT2D eigenvalue weighted by Gasteiger charge is -2.34. The topological polar surface area (TPSA) is 33.1 Å². The quantitative estimate of drug-likeness (QED) is 0.900. The molecule has 1 aliphatic heterocycles. The number of nitrogens with one attached hydrogen (secondary N) is 1. The van der Waals surface area contributed by atoms with E-state index in [4.69, 9.17) is 0 Å². The first-order valence-electron chi connectivity index (χ1n) is 9.44. The van der Waals surface area contributed by atoms with Crippen molar-refractivity contribution in [2.24, 2.45) is 0 Å². The number of likely N-dealkylation sites (tertiary alicyclic amines) is 1. The predicted octanol–water partition coefficient (Wildman–Crippen LogP) is 4.07. The molecule has 1 saturated heterocycles. The van der Waals surface area contributed by atoms with Crippen LogP contribution in [0, 0.1) is 0 Å². The van der Waals surface area contributed by atoms with Crippen molar-refractivity contribution in [1.29, 1.82) is 0 Å². The lowest BCUT2D eigenvalue weighted by Crippen LogP contribution is -2.36. The number of imidazole rings is 1. The Hall–Kier alpha value is -1.81. The molecule has 0 radical (unpaired) electrons. The fourth-order valence-electron chi connectivity index (χ4n) is 4.22. The Balaban J connectivity index is 1.41. The zero-order valence-corrected chi connectivity index (χ0v) is 14.4. The summed E-state index contributed by atoms with van der Waals surface area (Å²) in [7, 11) is 0. The monoisotopic (exact) mass is 324 g/mol. The highest BCUT2D eigenvalue weighted by molar-refractivity contribution is 5.29. The van der Waals surface area contributed by atoms with Crippen molar-refractivity contribution in [3.05, 3.63) is 48.3 Å². The van der Waals surface area contributed by atoms with Gasteiger partial charge in [-0.1, -0.05) is 43.2 Å². The predicted molar refractivity (Wildman–Crippen MR) is 98.1 cm³/mol. The molecule has 0 bridgehead atoms. The van der Waals surface area contributed by atoms with Gasteiger partial charge < -0.3 is 9.88 Å². The molecule has 4 nitrogen and oxygen atoms in total. The van der Waals surface area contributed by atoms with E-state index in [0.29, 0.717) is 12.1 Å². The molecule has 1 aromatic carbocycles. The van der Waals surface area contributed by atoms with Crippen molar-refractivity contribution < 1.29 is 0 Å². The van der Waals surface area contributed by atoms with Gasteiger partial charge in [0.2, 0.25) is 5.95 Å². The number of piperidine rings is 1. The van der Waals surface area contributed by atoms with Crippen molar-refractivity contribution in [3.63, 3.8) is 0 Å². The lowest BCUT2D eigenvalue weighted by atomic mass is 10.0. The van der Waals surface area contributed by atoms with E-state index in [1.807, 2.05) is 6.20 Å². The van der Waals surface area contributed by atoms with Gasteiger partial charge in [0.25, 0.3) is 0 Å². The number of benzene rings is 1. The maximum atomic E-state index is 4.60. The van der Waals surface area contributed by atoms with Gasteiger partial charge in [0.05, 0.1) is 0 Å². The Morgan fingerprint density at radius 2 is 1.88 bits per heavy atom. The lowest BCUT2D eigenvalue weighted by molar-refractivity contribution is 0.171. The van der Waals surface area contributed by atoms with Gasteiger partial charge in [-0.3, -0.25) is 4.90 Å². The summed E-state index contributed by atoms with van der Waals surface area (Å²) in [6, 6.07) is 12.0. The van der Waals surface area contributed by atoms with Crippen LogP contribution in [0.5, 0.6) is 0 Å². The third kappa shape index (κ3) is 3.64. The summed E-state index contributed by atoms with van der Waals surface area (Å²) in [6.45, 7) is 3.37. The Labute approximate surface area is 144 Å². The zero-order chi connectivity index (χ0) is 16.2. The molecular formula is C20H28N4. The van der Waals surface area contributed by atoms with Crippen molar-refractivity contribution in [2.75, 3.05) is 18.4 Å². The Morgan fingerprint density at radius 1 is 1.04 bits per heavy atom. The highest BCUT2D eigenvalue weighted by Gasteiger charge is 2.24. The van der Waals surface area contributed by atoms with Gasteiger partial charge in [0, 0.05) is 37.6 Å². The number of nitrogens with zero attached hydrogens (tertiary/aromatic N) is 3. The molecule has 24 heavy (non-hydrogen) atoms. The molecule has 128 valence electrons. The van der Waals surface area contributed by atoms with E-state index in [0.717, 1.165) is 19.0 Å². The average molecular weight is 324 g/mol. The van der Waals surface area contributed by atoms with Gasteiger partial charge in [-0.15, -0.1) is 0 Å². The maximum Gasteiger partial charge on any atom is 0.203 e. The van der Waals surface area contributed by atoms with Crippen LogP contribution < -0.4 is 5.32 Å². The van der Waals surface area contributed by atoms with Crippen LogP contribution in [0.15, 0.2) is 42.7 Å². The summed E-state index contributed by atoms with van der Waals surface area (Å²) < 4.78 is 2.38. The summed E-state index contributed by atoms with van der Waals surface area (Å²) in [5.41, 5.74) is 1.41. The summed E-state index contributed by atoms with van der Waals surface area (Å²) in [5.74, 6) is 1.08. The van der Waals surface area contributed by atoms with Crippen LogP contribution in [0.1, 0.15) is 50.1 Å². The Morgan fingerprint density at radius 3 is 2.71 bits per heavy atom. The molecule has 0 spiro atoms. The minimum absolute atomic E-state index is 0.536. The number of anilines is 1. The first kappa shape index (κ1) is 15.7. The minimum Gasteiger partial charge on any atom is -0.353 e. The molecule has 1 atom stereocenters. The molecular weight excluding hydrogens is 296 g/mol. The van der Waals surface area contributed by atoms with Crippen LogP contribution >= 0.6 is 0 Å². The summed E-state index contributed by atoms with van der Waals surface area (Å²) >= 11 is 0. The van der Waals surface area contributed by atoms with Crippen LogP contribution in [0.4, 0.5) is 5.95 Å². The van der Waals surface area contributed by atoms with Gasteiger partial charge in [-0.2, -0.15) is 0 Å². The van der Waals surface area contributed by atoms with E-state index in [9.17, 15) is 0 Å². The van der Waals surface area contributed by atoms with Crippen LogP contribution in [0.25, 0.3) is 0 Å². The molecule has 1 aliphatic carbocycles. The van der Waals surface area contributed by atoms with Crippen LogP contribution in [0.2, 0.25) is 0 Å². The molecule has 1 N–H and O–H groups in total.